The van der Waals surface area contributed by atoms with Crippen LogP contribution in [-0.4, -0.2) is 0 Å². The summed E-state index contributed by atoms with van der Waals surface area (Å²) in [5.41, 5.74) is 5.43. The third-order valence-corrected chi connectivity index (χ3v) is 2.83. The predicted molar refractivity (Wildman–Crippen MR) is 60.2 cm³/mol. The van der Waals surface area contributed by atoms with Gasteiger partial charge in [-0.2, -0.15) is 0 Å². The van der Waals surface area contributed by atoms with Gasteiger partial charge < -0.3 is 5.32 Å². The molecule has 0 amide bonds. The second-order valence-corrected chi connectivity index (χ2v) is 4.32. The fourth-order valence-electron chi connectivity index (χ4n) is 1.85. The minimum atomic E-state index is 0.614. The van der Waals surface area contributed by atoms with Gasteiger partial charge in [-0.05, 0) is 22.6 Å². The van der Waals surface area contributed by atoms with Gasteiger partial charge in [0.05, 0.1) is 0 Å². The Kier molecular flexibility index (Phi) is 2.32. The quantitative estimate of drug-likeness (QED) is 0.712. The number of allylic oxidation sites excluding steroid dienone is 1. The number of rotatable bonds is 1. The van der Waals surface area contributed by atoms with Crippen LogP contribution in [0.4, 0.5) is 0 Å². The monoisotopic (exact) mass is 187 g/mol. The highest BCUT2D eigenvalue weighted by atomic mass is 14.9. The van der Waals surface area contributed by atoms with Crippen molar-refractivity contribution in [3.8, 4) is 0 Å². The van der Waals surface area contributed by atoms with E-state index >= 15 is 0 Å². The molecule has 1 aliphatic heterocycles. The van der Waals surface area contributed by atoms with E-state index in [1.165, 1.54) is 16.7 Å². The zero-order valence-corrected chi connectivity index (χ0v) is 8.93. The van der Waals surface area contributed by atoms with Gasteiger partial charge in [-0.15, -0.1) is 0 Å². The predicted octanol–water partition coefficient (Wildman–Crippen LogP) is 2.97. The van der Waals surface area contributed by atoms with Crippen molar-refractivity contribution in [2.45, 2.75) is 32.7 Å². The van der Waals surface area contributed by atoms with Crippen molar-refractivity contribution in [3.05, 3.63) is 47.2 Å². The molecule has 0 saturated heterocycles. The van der Waals surface area contributed by atoms with Crippen molar-refractivity contribution >= 4 is 0 Å². The number of hydrogen-bond acceptors (Lipinski definition) is 1. The molecule has 1 N–H and O–H groups in total. The Hall–Kier alpha value is -1.24. The maximum Gasteiger partial charge on any atom is 0.0400 e. The normalized spacial score (nSPS) is 15.2. The summed E-state index contributed by atoms with van der Waals surface area (Å²) in [6.07, 6.45) is 0.982. The second-order valence-electron chi connectivity index (χ2n) is 4.32. The summed E-state index contributed by atoms with van der Waals surface area (Å²) in [7, 11) is 0. The Morgan fingerprint density at radius 3 is 2.79 bits per heavy atom. The summed E-state index contributed by atoms with van der Waals surface area (Å²) in [5.74, 6) is 0.614. The van der Waals surface area contributed by atoms with Gasteiger partial charge in [-0.3, -0.25) is 0 Å². The minimum absolute atomic E-state index is 0.614. The molecule has 1 heteroatoms. The SMILES string of the molecule is C=C1Cc2cc(C(C)C)ccc2CN1. The lowest BCUT2D eigenvalue weighted by atomic mass is 9.93. The standard InChI is InChI=1S/C13H17N/c1-9(2)11-4-5-12-8-14-10(3)6-13(12)7-11/h4-5,7,9,14H,3,6,8H2,1-2H3. The van der Waals surface area contributed by atoms with Gasteiger partial charge >= 0.3 is 0 Å². The first-order valence-electron chi connectivity index (χ1n) is 5.20. The fraction of sp³-hybridized carbons (Fsp3) is 0.385. The van der Waals surface area contributed by atoms with Gasteiger partial charge in [0.1, 0.15) is 0 Å². The lowest BCUT2D eigenvalue weighted by molar-refractivity contribution is 0.733. The Labute approximate surface area is 85.8 Å². The van der Waals surface area contributed by atoms with E-state index in [1.54, 1.807) is 0 Å². The number of benzene rings is 1. The lowest BCUT2D eigenvalue weighted by Gasteiger charge is -2.21. The molecular weight excluding hydrogens is 170 g/mol. The molecule has 0 spiro atoms. The fourth-order valence-corrected chi connectivity index (χ4v) is 1.85. The molecule has 0 fully saturated rings. The van der Waals surface area contributed by atoms with E-state index < -0.39 is 0 Å². The Morgan fingerprint density at radius 1 is 1.29 bits per heavy atom. The second kappa shape index (κ2) is 3.49. The molecule has 1 aromatic carbocycles. The molecule has 0 aromatic heterocycles. The minimum Gasteiger partial charge on any atom is -0.384 e. The van der Waals surface area contributed by atoms with Crippen LogP contribution in [0.3, 0.4) is 0 Å². The van der Waals surface area contributed by atoms with Gasteiger partial charge in [0, 0.05) is 18.7 Å². The number of nitrogens with one attached hydrogen (secondary N) is 1. The summed E-state index contributed by atoms with van der Waals surface area (Å²) in [5, 5.41) is 3.29. The van der Waals surface area contributed by atoms with E-state index in [0.717, 1.165) is 18.7 Å². The molecule has 0 atom stereocenters. The third kappa shape index (κ3) is 1.67. The van der Waals surface area contributed by atoms with Gasteiger partial charge in [-0.25, -0.2) is 0 Å². The van der Waals surface area contributed by atoms with E-state index in [1.807, 2.05) is 0 Å². The highest BCUT2D eigenvalue weighted by Crippen LogP contribution is 2.23. The van der Waals surface area contributed by atoms with Crippen molar-refractivity contribution in [1.29, 1.82) is 0 Å². The molecule has 1 aromatic rings. The third-order valence-electron chi connectivity index (χ3n) is 2.83. The van der Waals surface area contributed by atoms with Crippen LogP contribution in [0.15, 0.2) is 30.5 Å². The van der Waals surface area contributed by atoms with E-state index in [-0.39, 0.29) is 0 Å². The average Bonchev–Trinajstić information content (AvgIpc) is 2.16. The largest absolute Gasteiger partial charge is 0.384 e. The molecule has 0 bridgehead atoms. The summed E-state index contributed by atoms with van der Waals surface area (Å²) in [6, 6.07) is 6.80. The van der Waals surface area contributed by atoms with Crippen LogP contribution in [0.1, 0.15) is 36.5 Å². The summed E-state index contributed by atoms with van der Waals surface area (Å²) < 4.78 is 0. The number of hydrogen-bond donors (Lipinski definition) is 1. The van der Waals surface area contributed by atoms with Crippen LogP contribution in [0.5, 0.6) is 0 Å². The molecular formula is C13H17N. The van der Waals surface area contributed by atoms with Crippen LogP contribution in [0.25, 0.3) is 0 Å². The highest BCUT2D eigenvalue weighted by Gasteiger charge is 2.11. The van der Waals surface area contributed by atoms with E-state index in [9.17, 15) is 0 Å². The maximum atomic E-state index is 3.98. The Balaban J connectivity index is 2.37. The van der Waals surface area contributed by atoms with Crippen molar-refractivity contribution in [2.75, 3.05) is 0 Å². The Bertz CT molecular complexity index is 363. The molecule has 0 radical (unpaired) electrons. The van der Waals surface area contributed by atoms with Crippen LogP contribution >= 0.6 is 0 Å². The van der Waals surface area contributed by atoms with Crippen LogP contribution < -0.4 is 5.32 Å². The molecule has 14 heavy (non-hydrogen) atoms. The maximum absolute atomic E-state index is 3.98. The van der Waals surface area contributed by atoms with Crippen molar-refractivity contribution in [3.63, 3.8) is 0 Å². The molecule has 0 unspecified atom stereocenters. The first-order valence-corrected chi connectivity index (χ1v) is 5.20. The molecule has 0 aliphatic carbocycles. The van der Waals surface area contributed by atoms with Crippen molar-refractivity contribution in [1.82, 2.24) is 5.32 Å². The zero-order chi connectivity index (χ0) is 10.1. The average molecular weight is 187 g/mol. The summed E-state index contributed by atoms with van der Waals surface area (Å²) in [4.78, 5) is 0. The summed E-state index contributed by atoms with van der Waals surface area (Å²) >= 11 is 0. The van der Waals surface area contributed by atoms with E-state index in [0.29, 0.717) is 5.92 Å². The molecule has 1 heterocycles. The highest BCUT2D eigenvalue weighted by molar-refractivity contribution is 5.38. The van der Waals surface area contributed by atoms with Crippen LogP contribution in [-0.2, 0) is 13.0 Å². The smallest absolute Gasteiger partial charge is 0.0400 e. The molecule has 1 aliphatic rings. The molecule has 1 nitrogen and oxygen atoms in total. The van der Waals surface area contributed by atoms with Gasteiger partial charge in [0.2, 0.25) is 0 Å². The molecule has 0 saturated carbocycles. The van der Waals surface area contributed by atoms with Gasteiger partial charge in [0.25, 0.3) is 0 Å². The van der Waals surface area contributed by atoms with Crippen LogP contribution in [0, 0.1) is 0 Å². The zero-order valence-electron chi connectivity index (χ0n) is 8.93. The Morgan fingerprint density at radius 2 is 2.07 bits per heavy atom. The summed E-state index contributed by atoms with van der Waals surface area (Å²) in [6.45, 7) is 9.38. The van der Waals surface area contributed by atoms with E-state index in [4.69, 9.17) is 0 Å². The number of fused-ring (bicyclic) bond motifs is 1. The van der Waals surface area contributed by atoms with Gasteiger partial charge in [-0.1, -0.05) is 38.6 Å². The first kappa shape index (κ1) is 9.32. The first-order chi connectivity index (χ1) is 6.66. The van der Waals surface area contributed by atoms with Crippen molar-refractivity contribution in [2.24, 2.45) is 0 Å². The lowest BCUT2D eigenvalue weighted by Crippen LogP contribution is -2.21. The van der Waals surface area contributed by atoms with Gasteiger partial charge in [0.15, 0.2) is 0 Å². The molecule has 74 valence electrons. The van der Waals surface area contributed by atoms with E-state index in [2.05, 4.69) is 43.9 Å². The molecule has 2 rings (SSSR count). The van der Waals surface area contributed by atoms with Crippen LogP contribution in [0.2, 0.25) is 0 Å². The topological polar surface area (TPSA) is 12.0 Å². The van der Waals surface area contributed by atoms with Crippen molar-refractivity contribution < 1.29 is 0 Å².